The topological polar surface area (TPSA) is 49.8 Å². The lowest BCUT2D eigenvalue weighted by Gasteiger charge is -2.30. The Balaban J connectivity index is 2.14. The van der Waals surface area contributed by atoms with Crippen molar-refractivity contribution in [2.45, 2.75) is 25.9 Å². The Kier molecular flexibility index (Phi) is 5.40. The second-order valence-electron chi connectivity index (χ2n) is 5.11. The molecule has 0 aliphatic carbocycles. The molecule has 0 radical (unpaired) electrons. The zero-order valence-corrected chi connectivity index (χ0v) is 12.3. The van der Waals surface area contributed by atoms with Crippen molar-refractivity contribution < 1.29 is 14.6 Å². The number of carboxylic acid groups (broad SMARTS) is 1. The van der Waals surface area contributed by atoms with Gasteiger partial charge in [0, 0.05) is 17.6 Å². The smallest absolute Gasteiger partial charge is 0.310 e. The Morgan fingerprint density at radius 2 is 2.20 bits per heavy atom. The third-order valence-electron chi connectivity index (χ3n) is 3.68. The lowest BCUT2D eigenvalue weighted by molar-refractivity contribution is -0.143. The van der Waals surface area contributed by atoms with Crippen LogP contribution in [0, 0.1) is 5.92 Å². The summed E-state index contributed by atoms with van der Waals surface area (Å²) in [5.41, 5.74) is 1.03. The summed E-state index contributed by atoms with van der Waals surface area (Å²) in [6.07, 6.45) is 0.966. The Hall–Kier alpha value is -1.10. The van der Waals surface area contributed by atoms with Crippen LogP contribution in [0.1, 0.15) is 18.9 Å². The summed E-state index contributed by atoms with van der Waals surface area (Å²) in [4.78, 5) is 13.5. The molecule has 20 heavy (non-hydrogen) atoms. The number of halogens is 1. The summed E-state index contributed by atoms with van der Waals surface area (Å²) in [7, 11) is 0. The van der Waals surface area contributed by atoms with Gasteiger partial charge in [-0.2, -0.15) is 0 Å². The van der Waals surface area contributed by atoms with Crippen LogP contribution in [0.3, 0.4) is 0 Å². The van der Waals surface area contributed by atoms with Crippen molar-refractivity contribution in [2.75, 3.05) is 19.8 Å². The average molecular weight is 298 g/mol. The maximum Gasteiger partial charge on any atom is 0.310 e. The number of hydrogen-bond donors (Lipinski definition) is 1. The fourth-order valence-corrected chi connectivity index (χ4v) is 2.83. The van der Waals surface area contributed by atoms with E-state index in [0.29, 0.717) is 19.8 Å². The highest BCUT2D eigenvalue weighted by atomic mass is 35.5. The van der Waals surface area contributed by atoms with Gasteiger partial charge in [-0.25, -0.2) is 0 Å². The number of aliphatic carboxylic acids is 1. The maximum absolute atomic E-state index is 11.3. The predicted octanol–water partition coefficient (Wildman–Crippen LogP) is 2.65. The molecule has 1 aliphatic rings. The van der Waals surface area contributed by atoms with Crippen LogP contribution < -0.4 is 0 Å². The van der Waals surface area contributed by atoms with Crippen molar-refractivity contribution in [3.63, 3.8) is 0 Å². The predicted molar refractivity (Wildman–Crippen MR) is 77.9 cm³/mol. The second-order valence-corrected chi connectivity index (χ2v) is 5.52. The SMILES string of the molecule is CCCN(Cc1ccccc1Cl)C1COCC1C(=O)O. The van der Waals surface area contributed by atoms with Gasteiger partial charge in [-0.3, -0.25) is 9.69 Å². The molecule has 1 aromatic rings. The van der Waals surface area contributed by atoms with Gasteiger partial charge in [0.25, 0.3) is 0 Å². The normalized spacial score (nSPS) is 22.4. The molecule has 110 valence electrons. The fourth-order valence-electron chi connectivity index (χ4n) is 2.63. The van der Waals surface area contributed by atoms with E-state index in [2.05, 4.69) is 11.8 Å². The van der Waals surface area contributed by atoms with Crippen LogP contribution in [0.2, 0.25) is 5.02 Å². The van der Waals surface area contributed by atoms with E-state index in [-0.39, 0.29) is 6.04 Å². The summed E-state index contributed by atoms with van der Waals surface area (Å²) >= 11 is 6.20. The van der Waals surface area contributed by atoms with Gasteiger partial charge >= 0.3 is 5.97 Å². The van der Waals surface area contributed by atoms with Crippen molar-refractivity contribution in [3.8, 4) is 0 Å². The molecule has 2 unspecified atom stereocenters. The first-order valence-electron chi connectivity index (χ1n) is 6.91. The first-order valence-corrected chi connectivity index (χ1v) is 7.29. The molecule has 0 bridgehead atoms. The van der Waals surface area contributed by atoms with Gasteiger partial charge in [-0.1, -0.05) is 36.7 Å². The van der Waals surface area contributed by atoms with Gasteiger partial charge < -0.3 is 9.84 Å². The molecule has 0 aromatic heterocycles. The van der Waals surface area contributed by atoms with Gasteiger partial charge in [0.2, 0.25) is 0 Å². The Morgan fingerprint density at radius 1 is 1.45 bits per heavy atom. The van der Waals surface area contributed by atoms with Crippen LogP contribution in [0.15, 0.2) is 24.3 Å². The summed E-state index contributed by atoms with van der Waals surface area (Å²) < 4.78 is 5.37. The largest absolute Gasteiger partial charge is 0.481 e. The molecule has 1 fully saturated rings. The zero-order valence-electron chi connectivity index (χ0n) is 11.6. The standard InChI is InChI=1S/C15H20ClNO3/c1-2-7-17(8-11-5-3-4-6-13(11)16)14-10-20-9-12(14)15(18)19/h3-6,12,14H,2,7-10H2,1H3,(H,18,19). The zero-order chi connectivity index (χ0) is 14.5. The minimum Gasteiger partial charge on any atom is -0.481 e. The minimum atomic E-state index is -0.784. The second kappa shape index (κ2) is 7.07. The number of rotatable bonds is 6. The van der Waals surface area contributed by atoms with Crippen LogP contribution in [0.4, 0.5) is 0 Å². The van der Waals surface area contributed by atoms with Gasteiger partial charge in [-0.15, -0.1) is 0 Å². The number of benzene rings is 1. The van der Waals surface area contributed by atoms with E-state index < -0.39 is 11.9 Å². The number of nitrogens with zero attached hydrogens (tertiary/aromatic N) is 1. The summed E-state index contributed by atoms with van der Waals surface area (Å²) in [5, 5.41) is 10.0. The van der Waals surface area contributed by atoms with Crippen LogP contribution in [0.25, 0.3) is 0 Å². The summed E-state index contributed by atoms with van der Waals surface area (Å²) in [6, 6.07) is 7.61. The molecule has 0 saturated carbocycles. The van der Waals surface area contributed by atoms with E-state index in [0.717, 1.165) is 23.6 Å². The van der Waals surface area contributed by atoms with E-state index in [1.807, 2.05) is 24.3 Å². The molecule has 1 aliphatic heterocycles. The number of carbonyl (C=O) groups is 1. The highest BCUT2D eigenvalue weighted by molar-refractivity contribution is 6.31. The summed E-state index contributed by atoms with van der Waals surface area (Å²) in [5.74, 6) is -1.24. The van der Waals surface area contributed by atoms with Crippen LogP contribution in [0.5, 0.6) is 0 Å². The molecule has 0 spiro atoms. The van der Waals surface area contributed by atoms with E-state index in [1.165, 1.54) is 0 Å². The van der Waals surface area contributed by atoms with Crippen molar-refractivity contribution in [1.29, 1.82) is 0 Å². The molecule has 1 aromatic carbocycles. The third kappa shape index (κ3) is 3.51. The minimum absolute atomic E-state index is 0.0799. The molecule has 2 rings (SSSR count). The van der Waals surface area contributed by atoms with Gasteiger partial charge in [0.1, 0.15) is 0 Å². The molecular weight excluding hydrogens is 278 g/mol. The van der Waals surface area contributed by atoms with Crippen molar-refractivity contribution >= 4 is 17.6 Å². The molecule has 2 atom stereocenters. The van der Waals surface area contributed by atoms with Gasteiger partial charge in [0.05, 0.1) is 19.1 Å². The molecular formula is C15H20ClNO3. The fraction of sp³-hybridized carbons (Fsp3) is 0.533. The Morgan fingerprint density at radius 3 is 2.85 bits per heavy atom. The monoisotopic (exact) mass is 297 g/mol. The van der Waals surface area contributed by atoms with E-state index in [1.54, 1.807) is 0 Å². The number of hydrogen-bond acceptors (Lipinski definition) is 3. The molecule has 1 saturated heterocycles. The first-order chi connectivity index (χ1) is 9.63. The molecule has 0 amide bonds. The maximum atomic E-state index is 11.3. The molecule has 1 N–H and O–H groups in total. The highest BCUT2D eigenvalue weighted by Crippen LogP contribution is 2.24. The van der Waals surface area contributed by atoms with Crippen LogP contribution in [-0.2, 0) is 16.1 Å². The lowest BCUT2D eigenvalue weighted by Crippen LogP contribution is -2.43. The van der Waals surface area contributed by atoms with E-state index in [9.17, 15) is 9.90 Å². The van der Waals surface area contributed by atoms with Crippen LogP contribution >= 0.6 is 11.6 Å². The van der Waals surface area contributed by atoms with E-state index >= 15 is 0 Å². The van der Waals surface area contributed by atoms with Crippen LogP contribution in [-0.4, -0.2) is 41.8 Å². The van der Waals surface area contributed by atoms with Crippen molar-refractivity contribution in [2.24, 2.45) is 5.92 Å². The lowest BCUT2D eigenvalue weighted by atomic mass is 10.0. The van der Waals surface area contributed by atoms with Crippen molar-refractivity contribution in [3.05, 3.63) is 34.9 Å². The molecule has 4 nitrogen and oxygen atoms in total. The molecule has 5 heteroatoms. The number of carboxylic acids is 1. The Labute approximate surface area is 124 Å². The Bertz CT molecular complexity index is 466. The quantitative estimate of drug-likeness (QED) is 0.877. The third-order valence-corrected chi connectivity index (χ3v) is 4.05. The van der Waals surface area contributed by atoms with Gasteiger partial charge in [-0.05, 0) is 24.6 Å². The summed E-state index contributed by atoms with van der Waals surface area (Å²) in [6.45, 7) is 4.35. The number of ether oxygens (including phenoxy) is 1. The van der Waals surface area contributed by atoms with E-state index in [4.69, 9.17) is 16.3 Å². The molecule has 1 heterocycles. The van der Waals surface area contributed by atoms with Gasteiger partial charge in [0.15, 0.2) is 0 Å². The first kappa shape index (κ1) is 15.3. The average Bonchev–Trinajstić information content (AvgIpc) is 2.90. The van der Waals surface area contributed by atoms with Crippen molar-refractivity contribution in [1.82, 2.24) is 4.90 Å². The highest BCUT2D eigenvalue weighted by Gasteiger charge is 2.37.